The molecule has 0 saturated carbocycles. The molecule has 0 aliphatic rings. The molecule has 0 amide bonds. The van der Waals surface area contributed by atoms with Crippen molar-refractivity contribution in [1.29, 1.82) is 0 Å². The van der Waals surface area contributed by atoms with Gasteiger partial charge in [0.1, 0.15) is 0 Å². The second-order valence-electron chi connectivity index (χ2n) is 4.23. The second-order valence-corrected chi connectivity index (χ2v) is 7.11. The highest BCUT2D eigenvalue weighted by molar-refractivity contribution is 9.10. The highest BCUT2D eigenvalue weighted by Crippen LogP contribution is 2.28. The lowest BCUT2D eigenvalue weighted by Gasteiger charge is -2.22. The quantitative estimate of drug-likeness (QED) is 0.869. The van der Waals surface area contributed by atoms with Gasteiger partial charge in [-0.1, -0.05) is 15.9 Å². The molecule has 1 aromatic carbocycles. The molecule has 96 valence electrons. The molecule has 0 aromatic heterocycles. The molecule has 2 N–H and O–H groups in total. The number of halogens is 1. The zero-order chi connectivity index (χ0) is 13.4. The molecule has 17 heavy (non-hydrogen) atoms. The molecule has 1 aromatic rings. The minimum atomic E-state index is -3.49. The van der Waals surface area contributed by atoms with E-state index in [1.165, 1.54) is 4.31 Å². The van der Waals surface area contributed by atoms with E-state index in [4.69, 9.17) is 5.73 Å². The summed E-state index contributed by atoms with van der Waals surface area (Å²) in [6.45, 7) is 5.37. The zero-order valence-corrected chi connectivity index (χ0v) is 12.8. The maximum Gasteiger partial charge on any atom is 0.243 e. The van der Waals surface area contributed by atoms with Crippen LogP contribution >= 0.6 is 15.9 Å². The molecule has 0 fully saturated rings. The molecule has 0 aliphatic carbocycles. The Morgan fingerprint density at radius 1 is 1.35 bits per heavy atom. The molecule has 6 heteroatoms. The fourth-order valence-corrected chi connectivity index (χ4v) is 3.65. The van der Waals surface area contributed by atoms with E-state index in [9.17, 15) is 8.42 Å². The van der Waals surface area contributed by atoms with Crippen LogP contribution in [0.1, 0.15) is 19.4 Å². The number of nitrogen functional groups attached to an aromatic ring is 1. The van der Waals surface area contributed by atoms with Crippen LogP contribution < -0.4 is 5.73 Å². The molecule has 0 radical (unpaired) electrons. The Kier molecular flexibility index (Phi) is 4.22. The summed E-state index contributed by atoms with van der Waals surface area (Å²) in [5, 5.41) is 0. The summed E-state index contributed by atoms with van der Waals surface area (Å²) in [6.07, 6.45) is 0. The molecule has 0 spiro atoms. The average Bonchev–Trinajstić information content (AvgIpc) is 2.21. The lowest BCUT2D eigenvalue weighted by Crippen LogP contribution is -2.33. The average molecular weight is 321 g/mol. The molecule has 4 nitrogen and oxygen atoms in total. The fraction of sp³-hybridized carbons (Fsp3) is 0.455. The summed E-state index contributed by atoms with van der Waals surface area (Å²) in [7, 11) is -1.92. The summed E-state index contributed by atoms with van der Waals surface area (Å²) < 4.78 is 26.7. The summed E-state index contributed by atoms with van der Waals surface area (Å²) in [6, 6.07) is 3.18. The van der Waals surface area contributed by atoms with Crippen LogP contribution in [0, 0.1) is 6.92 Å². The van der Waals surface area contributed by atoms with Crippen LogP contribution in [-0.4, -0.2) is 25.8 Å². The van der Waals surface area contributed by atoms with Crippen molar-refractivity contribution in [3.05, 3.63) is 22.2 Å². The van der Waals surface area contributed by atoms with Gasteiger partial charge in [-0.2, -0.15) is 4.31 Å². The standard InChI is InChI=1S/C11H17BrN2O2S/c1-7(2)14(4)17(15,16)11-6-9(12)5-10(13)8(11)3/h5-7H,13H2,1-4H3. The molecule has 0 atom stereocenters. The number of sulfonamides is 1. The minimum absolute atomic E-state index is 0.0976. The van der Waals surface area contributed by atoms with Gasteiger partial charge in [-0.25, -0.2) is 8.42 Å². The SMILES string of the molecule is Cc1c(N)cc(Br)cc1S(=O)(=O)N(C)C(C)C. The van der Waals surface area contributed by atoms with E-state index < -0.39 is 10.0 Å². The van der Waals surface area contributed by atoms with Crippen molar-refractivity contribution in [1.82, 2.24) is 4.31 Å². The van der Waals surface area contributed by atoms with Crippen LogP contribution in [0.2, 0.25) is 0 Å². The Hall–Kier alpha value is -0.590. The molecule has 0 bridgehead atoms. The normalized spacial score (nSPS) is 12.4. The number of hydrogen-bond donors (Lipinski definition) is 1. The molecular formula is C11H17BrN2O2S. The van der Waals surface area contributed by atoms with E-state index >= 15 is 0 Å². The topological polar surface area (TPSA) is 63.4 Å². The Balaban J connectivity index is 3.44. The monoisotopic (exact) mass is 320 g/mol. The van der Waals surface area contributed by atoms with Gasteiger partial charge in [0.25, 0.3) is 0 Å². The Morgan fingerprint density at radius 3 is 2.35 bits per heavy atom. The molecule has 0 saturated heterocycles. The number of anilines is 1. The maximum absolute atomic E-state index is 12.3. The van der Waals surface area contributed by atoms with Crippen molar-refractivity contribution >= 4 is 31.6 Å². The first-order chi connectivity index (χ1) is 7.67. The van der Waals surface area contributed by atoms with E-state index in [2.05, 4.69) is 15.9 Å². The van der Waals surface area contributed by atoms with Crippen molar-refractivity contribution in [2.24, 2.45) is 0 Å². The van der Waals surface area contributed by atoms with Crippen molar-refractivity contribution in [2.45, 2.75) is 31.7 Å². The van der Waals surface area contributed by atoms with Gasteiger partial charge in [0.15, 0.2) is 0 Å². The van der Waals surface area contributed by atoms with Gasteiger partial charge in [0.05, 0.1) is 4.90 Å². The maximum atomic E-state index is 12.3. The van der Waals surface area contributed by atoms with Gasteiger partial charge >= 0.3 is 0 Å². The van der Waals surface area contributed by atoms with Gasteiger partial charge in [0, 0.05) is 23.2 Å². The Bertz CT molecular complexity index is 527. The lowest BCUT2D eigenvalue weighted by atomic mass is 10.2. The van der Waals surface area contributed by atoms with Crippen LogP contribution in [0.3, 0.4) is 0 Å². The smallest absolute Gasteiger partial charge is 0.243 e. The molecule has 0 unspecified atom stereocenters. The van der Waals surface area contributed by atoms with Crippen molar-refractivity contribution < 1.29 is 8.42 Å². The first-order valence-corrected chi connectivity index (χ1v) is 7.45. The van der Waals surface area contributed by atoms with Crippen LogP contribution in [0.15, 0.2) is 21.5 Å². The number of rotatable bonds is 3. The predicted octanol–water partition coefficient (Wildman–Crippen LogP) is 2.37. The van der Waals surface area contributed by atoms with Crippen LogP contribution in [0.5, 0.6) is 0 Å². The van der Waals surface area contributed by atoms with Crippen LogP contribution in [-0.2, 0) is 10.0 Å². The molecule has 1 rings (SSSR count). The number of nitrogens with zero attached hydrogens (tertiary/aromatic N) is 1. The third-order valence-corrected chi connectivity index (χ3v) is 5.37. The van der Waals surface area contributed by atoms with E-state index in [0.29, 0.717) is 15.7 Å². The van der Waals surface area contributed by atoms with Gasteiger partial charge in [-0.3, -0.25) is 0 Å². The van der Waals surface area contributed by atoms with Gasteiger partial charge in [-0.05, 0) is 38.5 Å². The van der Waals surface area contributed by atoms with Crippen molar-refractivity contribution in [3.8, 4) is 0 Å². The van der Waals surface area contributed by atoms with Crippen LogP contribution in [0.25, 0.3) is 0 Å². The first-order valence-electron chi connectivity index (χ1n) is 5.21. The Labute approximate surface area is 111 Å². The predicted molar refractivity (Wildman–Crippen MR) is 73.4 cm³/mol. The highest BCUT2D eigenvalue weighted by atomic mass is 79.9. The van der Waals surface area contributed by atoms with Crippen LogP contribution in [0.4, 0.5) is 5.69 Å². The van der Waals surface area contributed by atoms with Crippen molar-refractivity contribution in [3.63, 3.8) is 0 Å². The highest BCUT2D eigenvalue weighted by Gasteiger charge is 2.25. The van der Waals surface area contributed by atoms with Gasteiger partial charge < -0.3 is 5.73 Å². The summed E-state index contributed by atoms with van der Waals surface area (Å²) in [4.78, 5) is 0.251. The number of benzene rings is 1. The van der Waals surface area contributed by atoms with E-state index in [0.717, 1.165) is 0 Å². The third kappa shape index (κ3) is 2.81. The van der Waals surface area contributed by atoms with E-state index in [1.807, 2.05) is 13.8 Å². The summed E-state index contributed by atoms with van der Waals surface area (Å²) in [5.74, 6) is 0. The zero-order valence-electron chi connectivity index (χ0n) is 10.4. The van der Waals surface area contributed by atoms with Gasteiger partial charge in [0.2, 0.25) is 10.0 Å². The van der Waals surface area contributed by atoms with Crippen molar-refractivity contribution in [2.75, 3.05) is 12.8 Å². The number of nitrogens with two attached hydrogens (primary N) is 1. The minimum Gasteiger partial charge on any atom is -0.398 e. The second kappa shape index (κ2) is 4.96. The third-order valence-electron chi connectivity index (χ3n) is 2.75. The van der Waals surface area contributed by atoms with E-state index in [1.54, 1.807) is 26.1 Å². The lowest BCUT2D eigenvalue weighted by molar-refractivity contribution is 0.410. The Morgan fingerprint density at radius 2 is 1.88 bits per heavy atom. The van der Waals surface area contributed by atoms with E-state index in [-0.39, 0.29) is 10.9 Å². The summed E-state index contributed by atoms with van der Waals surface area (Å²) >= 11 is 3.26. The first kappa shape index (κ1) is 14.5. The summed E-state index contributed by atoms with van der Waals surface area (Å²) in [5.41, 5.74) is 6.83. The van der Waals surface area contributed by atoms with Gasteiger partial charge in [-0.15, -0.1) is 0 Å². The molecule has 0 heterocycles. The fourth-order valence-electron chi connectivity index (χ4n) is 1.37. The largest absolute Gasteiger partial charge is 0.398 e. The molecular weight excluding hydrogens is 304 g/mol. The molecule has 0 aliphatic heterocycles. The number of hydrogen-bond acceptors (Lipinski definition) is 3.